The quantitative estimate of drug-likeness (QED) is 0.901. The molecule has 7 nitrogen and oxygen atoms in total. The molecule has 1 fully saturated rings. The number of pyridine rings is 1. The van der Waals surface area contributed by atoms with Gasteiger partial charge in [-0.05, 0) is 37.8 Å². The number of aryl methyl sites for hydroxylation is 1. The van der Waals surface area contributed by atoms with E-state index in [1.54, 1.807) is 23.2 Å². The molecule has 1 unspecified atom stereocenters. The summed E-state index contributed by atoms with van der Waals surface area (Å²) in [4.78, 5) is 29.0. The molecule has 25 heavy (non-hydrogen) atoms. The molecule has 0 bridgehead atoms. The van der Waals surface area contributed by atoms with Gasteiger partial charge < -0.3 is 14.5 Å². The van der Waals surface area contributed by atoms with Gasteiger partial charge in [-0.1, -0.05) is 6.42 Å². The van der Waals surface area contributed by atoms with E-state index < -0.39 is 0 Å². The highest BCUT2D eigenvalue weighted by molar-refractivity contribution is 5.93. The fraction of sp³-hybridized carbons (Fsp3) is 0.556. The fourth-order valence-corrected chi connectivity index (χ4v) is 3.94. The molecule has 0 radical (unpaired) electrons. The van der Waals surface area contributed by atoms with Crippen LogP contribution in [0.15, 0.2) is 23.1 Å². The van der Waals surface area contributed by atoms with Gasteiger partial charge in [0, 0.05) is 38.2 Å². The van der Waals surface area contributed by atoms with Gasteiger partial charge >= 0.3 is 0 Å². The number of hydrogen-bond acceptors (Lipinski definition) is 4. The molecular weight excluding hydrogens is 318 g/mol. The van der Waals surface area contributed by atoms with E-state index in [4.69, 9.17) is 0 Å². The van der Waals surface area contributed by atoms with Crippen LogP contribution in [0.4, 0.5) is 0 Å². The molecule has 0 spiro atoms. The maximum atomic E-state index is 12.7. The van der Waals surface area contributed by atoms with Crippen molar-refractivity contribution in [2.24, 2.45) is 0 Å². The summed E-state index contributed by atoms with van der Waals surface area (Å²) >= 11 is 0. The lowest BCUT2D eigenvalue weighted by Crippen LogP contribution is -2.41. The van der Waals surface area contributed by atoms with E-state index in [-0.39, 0.29) is 22.9 Å². The zero-order chi connectivity index (χ0) is 17.2. The lowest BCUT2D eigenvalue weighted by atomic mass is 9.96. The Balaban J connectivity index is 1.56. The molecule has 7 heteroatoms. The number of hydrogen-bond donors (Lipinski definition) is 1. The Labute approximate surface area is 146 Å². The van der Waals surface area contributed by atoms with Crippen molar-refractivity contribution in [2.45, 2.75) is 51.0 Å². The van der Waals surface area contributed by atoms with Crippen molar-refractivity contribution in [3.8, 4) is 0 Å². The number of rotatable bonds is 2. The molecule has 4 rings (SSSR count). The number of aromatic nitrogens is 4. The minimum atomic E-state index is -0.328. The molecule has 1 saturated heterocycles. The van der Waals surface area contributed by atoms with Crippen molar-refractivity contribution in [1.82, 2.24) is 24.6 Å². The molecule has 0 aliphatic carbocycles. The Morgan fingerprint density at radius 2 is 2.08 bits per heavy atom. The van der Waals surface area contributed by atoms with Crippen molar-refractivity contribution >= 4 is 5.91 Å². The van der Waals surface area contributed by atoms with Crippen LogP contribution in [0.1, 0.15) is 60.0 Å². The second kappa shape index (κ2) is 6.82. The van der Waals surface area contributed by atoms with E-state index >= 15 is 0 Å². The summed E-state index contributed by atoms with van der Waals surface area (Å²) in [6.45, 7) is 2.26. The van der Waals surface area contributed by atoms with Gasteiger partial charge in [0.25, 0.3) is 11.5 Å². The first-order chi connectivity index (χ1) is 12.2. The van der Waals surface area contributed by atoms with Crippen LogP contribution in [0.3, 0.4) is 0 Å². The first kappa shape index (κ1) is 16.1. The molecular formula is C18H23N5O2. The number of nitrogens with zero attached hydrogens (tertiary/aromatic N) is 4. The summed E-state index contributed by atoms with van der Waals surface area (Å²) in [6, 6.07) is 3.28. The van der Waals surface area contributed by atoms with E-state index in [2.05, 4.69) is 19.7 Å². The Morgan fingerprint density at radius 1 is 1.16 bits per heavy atom. The molecule has 132 valence electrons. The van der Waals surface area contributed by atoms with Crippen molar-refractivity contribution in [2.75, 3.05) is 13.1 Å². The van der Waals surface area contributed by atoms with Gasteiger partial charge in [0.05, 0.1) is 0 Å². The number of fused-ring (bicyclic) bond motifs is 1. The second-order valence-corrected chi connectivity index (χ2v) is 6.94. The third-order valence-electron chi connectivity index (χ3n) is 5.26. The topological polar surface area (TPSA) is 83.9 Å². The first-order valence-corrected chi connectivity index (χ1v) is 9.13. The summed E-state index contributed by atoms with van der Waals surface area (Å²) < 4.78 is 2.26. The molecule has 0 saturated carbocycles. The average molecular weight is 341 g/mol. The fourth-order valence-electron chi connectivity index (χ4n) is 3.94. The van der Waals surface area contributed by atoms with Gasteiger partial charge in [0.15, 0.2) is 0 Å². The highest BCUT2D eigenvalue weighted by atomic mass is 16.2. The molecule has 0 aromatic carbocycles. The lowest BCUT2D eigenvalue weighted by molar-refractivity contribution is 0.0701. The number of aromatic amines is 1. The third kappa shape index (κ3) is 3.10. The minimum Gasteiger partial charge on any atom is -0.338 e. The van der Waals surface area contributed by atoms with Crippen LogP contribution < -0.4 is 5.56 Å². The molecule has 4 heterocycles. The summed E-state index contributed by atoms with van der Waals surface area (Å²) in [5.41, 5.74) is -0.116. The minimum absolute atomic E-state index is 0.192. The van der Waals surface area contributed by atoms with E-state index in [1.165, 1.54) is 12.8 Å². The molecule has 2 aliphatic rings. The Morgan fingerprint density at radius 3 is 2.96 bits per heavy atom. The molecule has 1 amide bonds. The first-order valence-electron chi connectivity index (χ1n) is 9.13. The van der Waals surface area contributed by atoms with Crippen LogP contribution in [0.2, 0.25) is 0 Å². The predicted octanol–water partition coefficient (Wildman–Crippen LogP) is 1.71. The smallest absolute Gasteiger partial charge is 0.260 e. The number of nitrogens with one attached hydrogen (secondary N) is 1. The van der Waals surface area contributed by atoms with E-state index in [0.29, 0.717) is 13.1 Å². The molecule has 1 N–H and O–H groups in total. The van der Waals surface area contributed by atoms with Crippen LogP contribution in [-0.4, -0.2) is 43.6 Å². The van der Waals surface area contributed by atoms with Crippen LogP contribution in [0.5, 0.6) is 0 Å². The maximum absolute atomic E-state index is 12.7. The van der Waals surface area contributed by atoms with E-state index in [0.717, 1.165) is 43.9 Å². The van der Waals surface area contributed by atoms with Gasteiger partial charge in [0.1, 0.15) is 17.2 Å². The number of H-pyrrole nitrogens is 1. The summed E-state index contributed by atoms with van der Waals surface area (Å²) in [6.07, 6.45) is 8.02. The van der Waals surface area contributed by atoms with Crippen LogP contribution >= 0.6 is 0 Å². The lowest BCUT2D eigenvalue weighted by Gasteiger charge is -2.32. The molecule has 2 aromatic heterocycles. The van der Waals surface area contributed by atoms with Crippen molar-refractivity contribution in [1.29, 1.82) is 0 Å². The Kier molecular flexibility index (Phi) is 4.38. The number of amides is 1. The Hall–Kier alpha value is -2.44. The molecule has 1 atom stereocenters. The Bertz CT molecular complexity index is 825. The van der Waals surface area contributed by atoms with Crippen LogP contribution in [0.25, 0.3) is 0 Å². The zero-order valence-electron chi connectivity index (χ0n) is 14.3. The second-order valence-electron chi connectivity index (χ2n) is 6.94. The number of carbonyl (C=O) groups is 1. The normalized spacial score (nSPS) is 20.8. The number of likely N-dealkylation sites (tertiary alicyclic amines) is 1. The summed E-state index contributed by atoms with van der Waals surface area (Å²) in [7, 11) is 0. The van der Waals surface area contributed by atoms with Gasteiger partial charge in [-0.25, -0.2) is 0 Å². The molecule has 2 aliphatic heterocycles. The monoisotopic (exact) mass is 341 g/mol. The van der Waals surface area contributed by atoms with Gasteiger partial charge in [-0.2, -0.15) is 0 Å². The highest BCUT2D eigenvalue weighted by Crippen LogP contribution is 2.28. The van der Waals surface area contributed by atoms with Crippen LogP contribution in [-0.2, 0) is 13.0 Å². The highest BCUT2D eigenvalue weighted by Gasteiger charge is 2.30. The summed E-state index contributed by atoms with van der Waals surface area (Å²) in [5, 5.41) is 8.84. The van der Waals surface area contributed by atoms with E-state index in [9.17, 15) is 9.59 Å². The number of carbonyl (C=O) groups excluding carboxylic acids is 1. The van der Waals surface area contributed by atoms with Gasteiger partial charge in [0.2, 0.25) is 0 Å². The van der Waals surface area contributed by atoms with Crippen molar-refractivity contribution < 1.29 is 4.79 Å². The van der Waals surface area contributed by atoms with Gasteiger partial charge in [-0.15, -0.1) is 10.2 Å². The standard InChI is InChI=1S/C18H23N5O2/c24-17-14(7-4-9-19-17)18(25)22-10-5-6-13(12-22)16-21-20-15-8-2-1-3-11-23(15)16/h4,7,9,13H,1-3,5-6,8,10-12H2,(H,19,24). The largest absolute Gasteiger partial charge is 0.338 e. The number of piperidine rings is 1. The predicted molar refractivity (Wildman–Crippen MR) is 92.5 cm³/mol. The zero-order valence-corrected chi connectivity index (χ0v) is 14.3. The van der Waals surface area contributed by atoms with Gasteiger partial charge in [-0.3, -0.25) is 9.59 Å². The molecule has 2 aromatic rings. The van der Waals surface area contributed by atoms with Crippen LogP contribution in [0, 0.1) is 0 Å². The third-order valence-corrected chi connectivity index (χ3v) is 5.26. The SMILES string of the molecule is O=C(c1ccc[nH]c1=O)N1CCCC(c2nnc3n2CCCCC3)C1. The van der Waals surface area contributed by atoms with Crippen molar-refractivity contribution in [3.63, 3.8) is 0 Å². The van der Waals surface area contributed by atoms with E-state index in [1.807, 2.05) is 0 Å². The summed E-state index contributed by atoms with van der Waals surface area (Å²) in [5.74, 6) is 2.09. The maximum Gasteiger partial charge on any atom is 0.260 e. The average Bonchev–Trinajstić information content (AvgIpc) is 2.90. The van der Waals surface area contributed by atoms with Crippen molar-refractivity contribution in [3.05, 3.63) is 45.9 Å².